The van der Waals surface area contributed by atoms with Gasteiger partial charge in [0.25, 0.3) is 0 Å². The Morgan fingerprint density at radius 1 is 1.82 bits per heavy atom. The highest BCUT2D eigenvalue weighted by Gasteiger charge is 2.19. The van der Waals surface area contributed by atoms with Crippen molar-refractivity contribution in [2.45, 2.75) is 38.9 Å². The third kappa shape index (κ3) is 1.81. The first-order valence-electron chi connectivity index (χ1n) is 3.99. The Morgan fingerprint density at radius 3 is 3.09 bits per heavy atom. The smallest absolute Gasteiger partial charge is 0.148 e. The lowest BCUT2D eigenvalue weighted by Crippen LogP contribution is -2.25. The normalized spacial score (nSPS) is 30.8. The molecule has 2 atom stereocenters. The highest BCUT2D eigenvalue weighted by Crippen LogP contribution is 2.20. The lowest BCUT2D eigenvalue weighted by molar-refractivity contribution is 0.0285. The van der Waals surface area contributed by atoms with Crippen molar-refractivity contribution >= 4 is 0 Å². The number of hydrogen-bond donors (Lipinski definition) is 0. The molecule has 11 heavy (non-hydrogen) atoms. The van der Waals surface area contributed by atoms with Gasteiger partial charge in [-0.05, 0) is 18.9 Å². The van der Waals surface area contributed by atoms with Gasteiger partial charge in [-0.2, -0.15) is 5.26 Å². The van der Waals surface area contributed by atoms with Gasteiger partial charge in [0.1, 0.15) is 6.10 Å². The Kier molecular flexibility index (Phi) is 2.67. The lowest BCUT2D eigenvalue weighted by atomic mass is 10.0. The average molecular weight is 151 g/mol. The molecule has 0 amide bonds. The molecule has 2 nitrogen and oxygen atoms in total. The summed E-state index contributed by atoms with van der Waals surface area (Å²) in [6, 6.07) is 2.12. The van der Waals surface area contributed by atoms with E-state index in [2.05, 4.69) is 26.0 Å². The number of nitrogens with zero attached hydrogens (tertiary/aromatic N) is 1. The van der Waals surface area contributed by atoms with Gasteiger partial charge in [0, 0.05) is 6.42 Å². The molecule has 0 bridgehead atoms. The number of ether oxygens (including phenoxy) is 1. The summed E-state index contributed by atoms with van der Waals surface area (Å²) in [6.07, 6.45) is 3.77. The van der Waals surface area contributed by atoms with Crippen molar-refractivity contribution in [3.63, 3.8) is 0 Å². The molecule has 0 fully saturated rings. The SMILES string of the molecule is CC[C@H]1O[C@@H](C#N)CC=C1C. The maximum absolute atomic E-state index is 8.59. The van der Waals surface area contributed by atoms with E-state index in [9.17, 15) is 0 Å². The fraction of sp³-hybridized carbons (Fsp3) is 0.667. The van der Waals surface area contributed by atoms with Gasteiger partial charge in [0.05, 0.1) is 12.2 Å². The second kappa shape index (κ2) is 3.54. The van der Waals surface area contributed by atoms with E-state index in [1.165, 1.54) is 5.57 Å². The molecule has 0 aromatic carbocycles. The average Bonchev–Trinajstić information content (AvgIpc) is 2.05. The molecule has 0 aromatic rings. The van der Waals surface area contributed by atoms with Crippen LogP contribution < -0.4 is 0 Å². The molecule has 0 spiro atoms. The van der Waals surface area contributed by atoms with Gasteiger partial charge in [-0.3, -0.25) is 0 Å². The van der Waals surface area contributed by atoms with Crippen LogP contribution in [0.25, 0.3) is 0 Å². The van der Waals surface area contributed by atoms with Crippen LogP contribution >= 0.6 is 0 Å². The Hall–Kier alpha value is -0.810. The fourth-order valence-electron chi connectivity index (χ4n) is 1.29. The van der Waals surface area contributed by atoms with Gasteiger partial charge in [0.2, 0.25) is 0 Å². The van der Waals surface area contributed by atoms with Crippen LogP contribution in [0.15, 0.2) is 11.6 Å². The van der Waals surface area contributed by atoms with Crippen LogP contribution in [0.4, 0.5) is 0 Å². The summed E-state index contributed by atoms with van der Waals surface area (Å²) >= 11 is 0. The standard InChI is InChI=1S/C9H13NO/c1-3-9-7(2)4-5-8(6-10)11-9/h4,8-9H,3,5H2,1-2H3/t8-,9-/m1/s1. The number of nitriles is 1. The highest BCUT2D eigenvalue weighted by molar-refractivity contribution is 5.11. The molecule has 0 radical (unpaired) electrons. The van der Waals surface area contributed by atoms with Crippen molar-refractivity contribution in [3.05, 3.63) is 11.6 Å². The van der Waals surface area contributed by atoms with E-state index in [-0.39, 0.29) is 12.2 Å². The number of hydrogen-bond acceptors (Lipinski definition) is 2. The maximum Gasteiger partial charge on any atom is 0.148 e. The molecule has 1 heterocycles. The lowest BCUT2D eigenvalue weighted by Gasteiger charge is -2.24. The molecule has 60 valence electrons. The second-order valence-electron chi connectivity index (χ2n) is 2.83. The second-order valence-corrected chi connectivity index (χ2v) is 2.83. The van der Waals surface area contributed by atoms with Crippen LogP contribution in [-0.2, 0) is 4.74 Å². The topological polar surface area (TPSA) is 33.0 Å². The minimum atomic E-state index is -0.219. The zero-order chi connectivity index (χ0) is 8.27. The minimum Gasteiger partial charge on any atom is -0.355 e. The van der Waals surface area contributed by atoms with Gasteiger partial charge in [-0.1, -0.05) is 13.0 Å². The molecule has 0 saturated carbocycles. The van der Waals surface area contributed by atoms with E-state index in [0.717, 1.165) is 12.8 Å². The molecule has 1 aliphatic heterocycles. The molecule has 1 rings (SSSR count). The van der Waals surface area contributed by atoms with Crippen molar-refractivity contribution < 1.29 is 4.74 Å². The predicted octanol–water partition coefficient (Wildman–Crippen LogP) is 2.02. The van der Waals surface area contributed by atoms with Crippen molar-refractivity contribution in [1.29, 1.82) is 5.26 Å². The van der Waals surface area contributed by atoms with Crippen LogP contribution in [-0.4, -0.2) is 12.2 Å². The van der Waals surface area contributed by atoms with Crippen LogP contribution in [0, 0.1) is 11.3 Å². The fourth-order valence-corrected chi connectivity index (χ4v) is 1.29. The molecule has 0 saturated heterocycles. The largest absolute Gasteiger partial charge is 0.355 e. The van der Waals surface area contributed by atoms with Gasteiger partial charge >= 0.3 is 0 Å². The maximum atomic E-state index is 8.59. The van der Waals surface area contributed by atoms with E-state index >= 15 is 0 Å². The van der Waals surface area contributed by atoms with Crippen molar-refractivity contribution in [1.82, 2.24) is 0 Å². The molecule has 0 unspecified atom stereocenters. The Bertz CT molecular complexity index is 202. The third-order valence-electron chi connectivity index (χ3n) is 2.01. The molecular formula is C9H13NO. The number of rotatable bonds is 1. The Labute approximate surface area is 67.5 Å². The molecular weight excluding hydrogens is 138 g/mol. The summed E-state index contributed by atoms with van der Waals surface area (Å²) in [5.74, 6) is 0. The van der Waals surface area contributed by atoms with Crippen LogP contribution in [0.1, 0.15) is 26.7 Å². The van der Waals surface area contributed by atoms with Crippen LogP contribution in [0.3, 0.4) is 0 Å². The summed E-state index contributed by atoms with van der Waals surface area (Å²) < 4.78 is 5.47. The van der Waals surface area contributed by atoms with Gasteiger partial charge in [0.15, 0.2) is 0 Å². The predicted molar refractivity (Wildman–Crippen MR) is 42.9 cm³/mol. The van der Waals surface area contributed by atoms with Gasteiger partial charge in [-0.25, -0.2) is 0 Å². The molecule has 2 heteroatoms. The van der Waals surface area contributed by atoms with E-state index in [4.69, 9.17) is 10.00 Å². The first kappa shape index (κ1) is 8.29. The summed E-state index contributed by atoms with van der Waals surface area (Å²) in [5, 5.41) is 8.59. The van der Waals surface area contributed by atoms with Crippen molar-refractivity contribution in [3.8, 4) is 6.07 Å². The highest BCUT2D eigenvalue weighted by atomic mass is 16.5. The van der Waals surface area contributed by atoms with E-state index in [1.807, 2.05) is 0 Å². The zero-order valence-electron chi connectivity index (χ0n) is 7.00. The summed E-state index contributed by atoms with van der Waals surface area (Å²) in [7, 11) is 0. The molecule has 1 aliphatic rings. The summed E-state index contributed by atoms with van der Waals surface area (Å²) in [6.45, 7) is 4.13. The Balaban J connectivity index is 2.62. The van der Waals surface area contributed by atoms with Gasteiger partial charge in [-0.15, -0.1) is 0 Å². The Morgan fingerprint density at radius 2 is 2.55 bits per heavy atom. The van der Waals surface area contributed by atoms with Crippen molar-refractivity contribution in [2.24, 2.45) is 0 Å². The molecule has 0 aliphatic carbocycles. The zero-order valence-corrected chi connectivity index (χ0v) is 7.00. The quantitative estimate of drug-likeness (QED) is 0.537. The van der Waals surface area contributed by atoms with E-state index in [0.29, 0.717) is 0 Å². The summed E-state index contributed by atoms with van der Waals surface area (Å²) in [5.41, 5.74) is 1.26. The monoisotopic (exact) mass is 151 g/mol. The van der Waals surface area contributed by atoms with Crippen molar-refractivity contribution in [2.75, 3.05) is 0 Å². The van der Waals surface area contributed by atoms with Gasteiger partial charge < -0.3 is 4.74 Å². The van der Waals surface area contributed by atoms with Crippen LogP contribution in [0.5, 0.6) is 0 Å². The first-order chi connectivity index (χ1) is 5.27. The summed E-state index contributed by atoms with van der Waals surface area (Å²) in [4.78, 5) is 0. The van der Waals surface area contributed by atoms with E-state index in [1.54, 1.807) is 0 Å². The minimum absolute atomic E-state index is 0.174. The third-order valence-corrected chi connectivity index (χ3v) is 2.01. The first-order valence-corrected chi connectivity index (χ1v) is 3.99. The molecule has 0 aromatic heterocycles. The molecule has 0 N–H and O–H groups in total. The van der Waals surface area contributed by atoms with Crippen LogP contribution in [0.2, 0.25) is 0 Å². The van der Waals surface area contributed by atoms with E-state index < -0.39 is 0 Å².